The maximum absolute atomic E-state index is 13.9. The number of ether oxygens (including phenoxy) is 1. The van der Waals surface area contributed by atoms with Crippen molar-refractivity contribution >= 4 is 60.4 Å². The SMILES string of the molecule is CC1(C)[C@H](C(=O)OCc2c(F)ccc(I)c2F)[C@@H]1C=C(Br)Br. The molecule has 2 atom stereocenters. The summed E-state index contributed by atoms with van der Waals surface area (Å²) in [6.45, 7) is 3.51. The Morgan fingerprint density at radius 1 is 1.41 bits per heavy atom. The zero-order chi connectivity index (χ0) is 16.7. The van der Waals surface area contributed by atoms with Gasteiger partial charge in [0.1, 0.15) is 18.2 Å². The Bertz CT molecular complexity index is 643. The van der Waals surface area contributed by atoms with Gasteiger partial charge in [-0.3, -0.25) is 4.79 Å². The normalized spacial score (nSPS) is 22.1. The van der Waals surface area contributed by atoms with Crippen LogP contribution < -0.4 is 0 Å². The van der Waals surface area contributed by atoms with Crippen LogP contribution in [0.25, 0.3) is 0 Å². The van der Waals surface area contributed by atoms with Gasteiger partial charge in [0.05, 0.1) is 14.9 Å². The maximum Gasteiger partial charge on any atom is 0.310 e. The average Bonchev–Trinajstić information content (AvgIpc) is 2.94. The summed E-state index contributed by atoms with van der Waals surface area (Å²) >= 11 is 8.31. The molecule has 1 aliphatic rings. The highest BCUT2D eigenvalue weighted by atomic mass is 127. The van der Waals surface area contributed by atoms with Gasteiger partial charge in [-0.15, -0.1) is 0 Å². The molecule has 0 aromatic heterocycles. The lowest BCUT2D eigenvalue weighted by Gasteiger charge is -2.08. The maximum atomic E-state index is 13.9. The lowest BCUT2D eigenvalue weighted by molar-refractivity contribution is -0.147. The lowest BCUT2D eigenvalue weighted by Crippen LogP contribution is -2.12. The second kappa shape index (κ2) is 6.84. The van der Waals surface area contributed by atoms with E-state index in [-0.39, 0.29) is 22.8 Å². The van der Waals surface area contributed by atoms with Crippen LogP contribution in [-0.4, -0.2) is 5.97 Å². The van der Waals surface area contributed by atoms with Crippen LogP contribution >= 0.6 is 54.5 Å². The van der Waals surface area contributed by atoms with Crippen LogP contribution in [0.15, 0.2) is 21.6 Å². The molecule has 1 fully saturated rings. The highest BCUT2D eigenvalue weighted by Gasteiger charge is 2.61. The third kappa shape index (κ3) is 3.72. The molecule has 1 aliphatic carbocycles. The first kappa shape index (κ1) is 18.3. The summed E-state index contributed by atoms with van der Waals surface area (Å²) < 4.78 is 33.7. The van der Waals surface area contributed by atoms with Crippen LogP contribution in [0.5, 0.6) is 0 Å². The lowest BCUT2D eigenvalue weighted by atomic mass is 10.1. The van der Waals surface area contributed by atoms with Crippen LogP contribution in [0.2, 0.25) is 0 Å². The second-order valence-corrected chi connectivity index (χ2v) is 9.65. The number of carbonyl (C=O) groups excluding carboxylic acids is 1. The van der Waals surface area contributed by atoms with Gasteiger partial charge in [-0.1, -0.05) is 19.9 Å². The van der Waals surface area contributed by atoms with Crippen LogP contribution in [0.4, 0.5) is 8.78 Å². The molecule has 0 radical (unpaired) electrons. The first-order chi connectivity index (χ1) is 10.2. The van der Waals surface area contributed by atoms with E-state index >= 15 is 0 Å². The third-order valence-corrected chi connectivity index (χ3v) is 5.33. The molecule has 1 aromatic carbocycles. The van der Waals surface area contributed by atoms with Gasteiger partial charge in [-0.2, -0.15) is 0 Å². The molecule has 0 saturated heterocycles. The molecule has 120 valence electrons. The molecule has 0 N–H and O–H groups in total. The molecular formula is C15H13Br2F2IO2. The van der Waals surface area contributed by atoms with Gasteiger partial charge >= 0.3 is 5.97 Å². The van der Waals surface area contributed by atoms with Crippen molar-refractivity contribution in [2.24, 2.45) is 17.3 Å². The molecule has 1 saturated carbocycles. The number of halogens is 5. The van der Waals surface area contributed by atoms with E-state index in [4.69, 9.17) is 4.74 Å². The number of rotatable bonds is 4. The third-order valence-electron chi connectivity index (χ3n) is 3.97. The summed E-state index contributed by atoms with van der Waals surface area (Å²) in [6.07, 6.45) is 1.89. The van der Waals surface area contributed by atoms with Gasteiger partial charge in [-0.25, -0.2) is 8.78 Å². The number of benzene rings is 1. The Hall–Kier alpha value is -0.0200. The molecule has 0 unspecified atom stereocenters. The summed E-state index contributed by atoms with van der Waals surface area (Å²) in [5.74, 6) is -2.11. The Morgan fingerprint density at radius 3 is 2.64 bits per heavy atom. The summed E-state index contributed by atoms with van der Waals surface area (Å²) in [6, 6.07) is 2.51. The fourth-order valence-electron chi connectivity index (χ4n) is 2.51. The molecule has 2 nitrogen and oxygen atoms in total. The molecular weight excluding hydrogens is 537 g/mol. The predicted octanol–water partition coefficient (Wildman–Crippen LogP) is 5.52. The van der Waals surface area contributed by atoms with E-state index in [2.05, 4.69) is 31.9 Å². The van der Waals surface area contributed by atoms with Crippen molar-refractivity contribution in [2.75, 3.05) is 0 Å². The number of hydrogen-bond acceptors (Lipinski definition) is 2. The van der Waals surface area contributed by atoms with Crippen molar-refractivity contribution in [1.29, 1.82) is 0 Å². The Kier molecular flexibility index (Phi) is 5.70. The molecule has 22 heavy (non-hydrogen) atoms. The number of hydrogen-bond donors (Lipinski definition) is 0. The van der Waals surface area contributed by atoms with Crippen molar-refractivity contribution < 1.29 is 18.3 Å². The summed E-state index contributed by atoms with van der Waals surface area (Å²) in [7, 11) is 0. The fraction of sp³-hybridized carbons (Fsp3) is 0.400. The van der Waals surface area contributed by atoms with E-state index in [1.807, 2.05) is 19.9 Å². The second-order valence-electron chi connectivity index (χ2n) is 5.71. The molecule has 0 heterocycles. The van der Waals surface area contributed by atoms with E-state index in [1.165, 1.54) is 12.1 Å². The highest BCUT2D eigenvalue weighted by Crippen LogP contribution is 2.60. The molecule has 2 rings (SSSR count). The topological polar surface area (TPSA) is 26.3 Å². The molecule has 0 aliphatic heterocycles. The first-order valence-electron chi connectivity index (χ1n) is 6.48. The Labute approximate surface area is 158 Å². The van der Waals surface area contributed by atoms with Gasteiger partial charge < -0.3 is 4.74 Å². The van der Waals surface area contributed by atoms with Crippen LogP contribution in [-0.2, 0) is 16.1 Å². The van der Waals surface area contributed by atoms with Gasteiger partial charge in [0.2, 0.25) is 0 Å². The first-order valence-corrected chi connectivity index (χ1v) is 9.14. The molecule has 0 bridgehead atoms. The smallest absolute Gasteiger partial charge is 0.310 e. The molecule has 7 heteroatoms. The van der Waals surface area contributed by atoms with Crippen molar-refractivity contribution in [1.82, 2.24) is 0 Å². The standard InChI is InChI=1S/C15H13Br2F2IO2/c1-15(2)8(5-11(16)17)12(15)14(21)22-6-7-9(18)3-4-10(20)13(7)19/h3-5,8,12H,6H2,1-2H3/t8-,12-/m0/s1. The van der Waals surface area contributed by atoms with E-state index in [0.717, 1.165) is 3.39 Å². The Balaban J connectivity index is 2.06. The minimum absolute atomic E-state index is 0.0272. The van der Waals surface area contributed by atoms with Crippen molar-refractivity contribution in [2.45, 2.75) is 20.5 Å². The van der Waals surface area contributed by atoms with Crippen LogP contribution in [0, 0.1) is 32.5 Å². The predicted molar refractivity (Wildman–Crippen MR) is 95.6 cm³/mol. The number of esters is 1. The van der Waals surface area contributed by atoms with Gasteiger partial charge in [0.15, 0.2) is 0 Å². The van der Waals surface area contributed by atoms with Gasteiger partial charge in [-0.05, 0) is 77.9 Å². The molecule has 1 aromatic rings. The van der Waals surface area contributed by atoms with Crippen molar-refractivity contribution in [3.05, 3.63) is 42.4 Å². The quantitative estimate of drug-likeness (QED) is 0.281. The Morgan fingerprint density at radius 2 is 2.05 bits per heavy atom. The summed E-state index contributed by atoms with van der Waals surface area (Å²) in [5.41, 5.74) is -0.445. The number of allylic oxidation sites excluding steroid dienone is 1. The van der Waals surface area contributed by atoms with E-state index in [0.29, 0.717) is 3.57 Å². The zero-order valence-corrected chi connectivity index (χ0v) is 17.1. The van der Waals surface area contributed by atoms with Gasteiger partial charge in [0, 0.05) is 3.57 Å². The summed E-state index contributed by atoms with van der Waals surface area (Å²) in [4.78, 5) is 12.2. The monoisotopic (exact) mass is 548 g/mol. The van der Waals surface area contributed by atoms with Crippen molar-refractivity contribution in [3.63, 3.8) is 0 Å². The minimum Gasteiger partial charge on any atom is -0.460 e. The fourth-order valence-corrected chi connectivity index (χ4v) is 3.58. The van der Waals surface area contributed by atoms with E-state index < -0.39 is 24.2 Å². The molecule has 0 amide bonds. The van der Waals surface area contributed by atoms with Crippen LogP contribution in [0.3, 0.4) is 0 Å². The minimum atomic E-state index is -0.708. The average molecular weight is 550 g/mol. The van der Waals surface area contributed by atoms with Crippen molar-refractivity contribution in [3.8, 4) is 0 Å². The van der Waals surface area contributed by atoms with Gasteiger partial charge in [0.25, 0.3) is 0 Å². The van der Waals surface area contributed by atoms with E-state index in [1.54, 1.807) is 22.6 Å². The van der Waals surface area contributed by atoms with Crippen LogP contribution in [0.1, 0.15) is 19.4 Å². The van der Waals surface area contributed by atoms with E-state index in [9.17, 15) is 13.6 Å². The highest BCUT2D eigenvalue weighted by molar-refractivity contribution is 14.1. The largest absolute Gasteiger partial charge is 0.460 e. The zero-order valence-electron chi connectivity index (χ0n) is 11.8. The molecule has 0 spiro atoms. The number of carbonyl (C=O) groups is 1. The summed E-state index contributed by atoms with van der Waals surface area (Å²) in [5, 5.41) is 0.